The molecule has 1 aromatic carbocycles. The van der Waals surface area contributed by atoms with Gasteiger partial charge in [-0.3, -0.25) is 0 Å². The van der Waals surface area contributed by atoms with E-state index in [2.05, 4.69) is 37.4 Å². The van der Waals surface area contributed by atoms with E-state index in [1.165, 1.54) is 11.1 Å². The van der Waals surface area contributed by atoms with E-state index in [9.17, 15) is 0 Å². The molecule has 0 aromatic heterocycles. The minimum Gasteiger partial charge on any atom is -0.456 e. The highest BCUT2D eigenvalue weighted by Gasteiger charge is 1.84. The lowest BCUT2D eigenvalue weighted by Crippen LogP contribution is -1.87. The van der Waals surface area contributed by atoms with Crippen LogP contribution in [0.15, 0.2) is 24.3 Å². The molecule has 0 radical (unpaired) electrons. The predicted molar refractivity (Wildman–Crippen MR) is 53.1 cm³/mol. The third kappa shape index (κ3) is 2.83. The minimum absolute atomic E-state index is 0.0268. The van der Waals surface area contributed by atoms with E-state index in [-0.39, 0.29) is 10.3 Å². The molecule has 0 unspecified atom stereocenters. The highest BCUT2D eigenvalue weighted by Crippen LogP contribution is 2.04. The maximum absolute atomic E-state index is 5.69. The summed E-state index contributed by atoms with van der Waals surface area (Å²) in [6, 6.07) is 8.54. The highest BCUT2D eigenvalue weighted by molar-refractivity contribution is 7.84. The normalized spacial score (nSPS) is 10.4. The summed E-state index contributed by atoms with van der Waals surface area (Å²) in [5.74, 6) is 1.00. The molecule has 0 aliphatic heterocycles. The molecule has 1 aromatic rings. The number of rotatable bonds is 1. The molecule has 0 nitrogen and oxygen atoms in total. The number of benzene rings is 1. The Balaban J connectivity index is 2.76. The molecule has 0 aliphatic carbocycles. The van der Waals surface area contributed by atoms with Gasteiger partial charge in [-0.15, -0.1) is 12.0 Å². The van der Waals surface area contributed by atoms with Gasteiger partial charge in [0.05, 0.1) is 0 Å². The van der Waals surface area contributed by atoms with Gasteiger partial charge < -0.3 is 16.0 Å². The third-order valence-corrected chi connectivity index (χ3v) is 2.30. The fraction of sp³-hybridized carbons (Fsp3) is 0.300. The van der Waals surface area contributed by atoms with Crippen LogP contribution in [-0.2, 0) is 16.1 Å². The summed E-state index contributed by atoms with van der Waals surface area (Å²) < 4.78 is 0. The quantitative estimate of drug-likeness (QED) is 0.560. The van der Waals surface area contributed by atoms with Crippen LogP contribution in [-0.4, -0.2) is 6.26 Å². The number of aryl methyl sites for hydroxylation is 1. The van der Waals surface area contributed by atoms with Crippen molar-refractivity contribution in [3.05, 3.63) is 35.4 Å². The topological polar surface area (TPSA) is 0 Å². The summed E-state index contributed by atoms with van der Waals surface area (Å²) in [6.07, 6.45) is 2.06. The molecule has 0 saturated heterocycles. The van der Waals surface area contributed by atoms with Crippen LogP contribution in [0.4, 0.5) is 0 Å². The minimum atomic E-state index is 0.0268. The van der Waals surface area contributed by atoms with Crippen molar-refractivity contribution < 1.29 is 0 Å². The zero-order chi connectivity index (χ0) is 8.27. The lowest BCUT2D eigenvalue weighted by molar-refractivity contribution is 1.37. The molecule has 0 bridgehead atoms. The van der Waals surface area contributed by atoms with Crippen molar-refractivity contribution in [1.82, 2.24) is 0 Å². The Labute approximate surface area is 70.8 Å². The van der Waals surface area contributed by atoms with Crippen LogP contribution in [0.2, 0.25) is 0 Å². The van der Waals surface area contributed by atoms with Gasteiger partial charge in [-0.1, -0.05) is 35.4 Å². The molecule has 1 rings (SSSR count). The molecule has 0 atom stereocenters. The number of hydrogen-bond donors (Lipinski definition) is 0. The van der Waals surface area contributed by atoms with Crippen LogP contribution < -0.4 is 0 Å². The molecule has 0 heterocycles. The van der Waals surface area contributed by atoms with Gasteiger partial charge in [0.1, 0.15) is 0 Å². The molecule has 0 aliphatic rings. The fourth-order valence-electron chi connectivity index (χ4n) is 0.947. The van der Waals surface area contributed by atoms with Gasteiger partial charge in [-0.25, -0.2) is 0 Å². The van der Waals surface area contributed by atoms with E-state index in [4.69, 9.17) is 5.69 Å². The van der Waals surface area contributed by atoms with E-state index in [0.29, 0.717) is 0 Å². The van der Waals surface area contributed by atoms with Gasteiger partial charge in [-0.2, -0.15) is 0 Å². The Morgan fingerprint density at radius 2 is 1.82 bits per heavy atom. The third-order valence-electron chi connectivity index (χ3n) is 1.51. The maximum atomic E-state index is 5.69. The van der Waals surface area contributed by atoms with Crippen molar-refractivity contribution in [2.45, 2.75) is 12.7 Å². The van der Waals surface area contributed by atoms with E-state index >= 15 is 0 Å². The largest absolute Gasteiger partial charge is 0.456 e. The van der Waals surface area contributed by atoms with Crippen molar-refractivity contribution in [2.75, 3.05) is 6.26 Å². The first-order chi connectivity index (χ1) is 5.18. The lowest BCUT2D eigenvalue weighted by Gasteiger charge is -2.09. The smallest absolute Gasteiger partial charge is 0.0398 e. The Morgan fingerprint density at radius 1 is 1.27 bits per heavy atom. The molecule has 60 valence electrons. The van der Waals surface area contributed by atoms with Crippen LogP contribution in [0.1, 0.15) is 11.1 Å². The van der Waals surface area contributed by atoms with Crippen LogP contribution in [0.3, 0.4) is 0 Å². The molecule has 0 N–H and O–H groups in total. The summed E-state index contributed by atoms with van der Waals surface area (Å²) in [4.78, 5) is 0. The summed E-state index contributed by atoms with van der Waals surface area (Å²) in [5, 5.41) is 0. The van der Waals surface area contributed by atoms with Crippen LogP contribution in [0.25, 0.3) is 0 Å². The Bertz CT molecular complexity index is 287. The predicted octanol–water partition coefficient (Wildman–Crippen LogP) is 2.33. The van der Waals surface area contributed by atoms with Crippen molar-refractivity contribution in [2.24, 2.45) is 0 Å². The van der Waals surface area contributed by atoms with Gasteiger partial charge in [0.25, 0.3) is 0 Å². The van der Waals surface area contributed by atoms with Gasteiger partial charge in [0.2, 0.25) is 0 Å². The standard InChI is InChI=1S/C10H13S/c1-9-4-6-10(7-5-9)8-11(2)3/h2,4-7H,8H2,1,3H3/q-1. The molecule has 0 spiro atoms. The fourth-order valence-corrected chi connectivity index (χ4v) is 1.67. The van der Waals surface area contributed by atoms with Crippen LogP contribution in [0, 0.1) is 12.6 Å². The summed E-state index contributed by atoms with van der Waals surface area (Å²) in [5.41, 5.74) is 8.33. The second kappa shape index (κ2) is 3.66. The van der Waals surface area contributed by atoms with Gasteiger partial charge in [-0.05, 0) is 6.92 Å². The Kier molecular flexibility index (Phi) is 2.81. The zero-order valence-electron chi connectivity index (χ0n) is 7.00. The van der Waals surface area contributed by atoms with Gasteiger partial charge >= 0.3 is 0 Å². The van der Waals surface area contributed by atoms with Gasteiger partial charge in [0.15, 0.2) is 0 Å². The van der Waals surface area contributed by atoms with E-state index < -0.39 is 0 Å². The Morgan fingerprint density at radius 3 is 2.27 bits per heavy atom. The summed E-state index contributed by atoms with van der Waals surface area (Å²) >= 11 is 0. The zero-order valence-corrected chi connectivity index (χ0v) is 7.82. The monoisotopic (exact) mass is 165 g/mol. The molecule has 0 amide bonds. The summed E-state index contributed by atoms with van der Waals surface area (Å²) in [7, 11) is 0.0268. The molecular formula is C10H13S-. The van der Waals surface area contributed by atoms with Crippen molar-refractivity contribution in [3.8, 4) is 5.69 Å². The second-order valence-corrected chi connectivity index (χ2v) is 4.49. The van der Waals surface area contributed by atoms with Crippen molar-refractivity contribution in [3.63, 3.8) is 0 Å². The molecule has 0 saturated carbocycles. The lowest BCUT2D eigenvalue weighted by atomic mass is 10.2. The van der Waals surface area contributed by atoms with E-state index in [1.54, 1.807) is 0 Å². The first-order valence-electron chi connectivity index (χ1n) is 3.61. The average molecular weight is 165 g/mol. The first kappa shape index (κ1) is 8.45. The average Bonchev–Trinajstić information content (AvgIpc) is 1.93. The first-order valence-corrected chi connectivity index (χ1v) is 5.47. The SMILES string of the molecule is C#[S-](C)Cc1ccc(C)cc1. The van der Waals surface area contributed by atoms with Gasteiger partial charge in [0, 0.05) is 0 Å². The van der Waals surface area contributed by atoms with Crippen LogP contribution >= 0.6 is 0 Å². The summed E-state index contributed by atoms with van der Waals surface area (Å²) in [6.45, 7) is 2.10. The van der Waals surface area contributed by atoms with E-state index in [0.717, 1.165) is 5.75 Å². The number of hydrogen-bond acceptors (Lipinski definition) is 1. The van der Waals surface area contributed by atoms with Crippen molar-refractivity contribution >= 4 is 10.3 Å². The Hall–Kier alpha value is -0.650. The van der Waals surface area contributed by atoms with Crippen molar-refractivity contribution in [1.29, 1.82) is 0 Å². The molecule has 1 heteroatoms. The van der Waals surface area contributed by atoms with E-state index in [1.807, 2.05) is 0 Å². The maximum Gasteiger partial charge on any atom is -0.0398 e. The second-order valence-electron chi connectivity index (χ2n) is 2.82. The molecular weight excluding hydrogens is 152 g/mol. The highest BCUT2D eigenvalue weighted by atomic mass is 32.2. The molecule has 0 fully saturated rings. The molecule has 11 heavy (non-hydrogen) atoms. The van der Waals surface area contributed by atoms with Crippen LogP contribution in [0.5, 0.6) is 0 Å².